The molecule has 1 unspecified atom stereocenters. The zero-order valence-electron chi connectivity index (χ0n) is 18.6. The molecule has 0 spiro atoms. The molecule has 0 bridgehead atoms. The highest BCUT2D eigenvalue weighted by molar-refractivity contribution is 6.30. The fourth-order valence-corrected chi connectivity index (χ4v) is 3.72. The number of aromatic amines is 1. The molecule has 0 radical (unpaired) electrons. The summed E-state index contributed by atoms with van der Waals surface area (Å²) < 4.78 is 19.2. The summed E-state index contributed by atoms with van der Waals surface area (Å²) in [6, 6.07) is 12.1. The molecule has 1 aromatic heterocycles. The minimum absolute atomic E-state index is 0.0309. The van der Waals surface area contributed by atoms with Gasteiger partial charge in [-0.3, -0.25) is 9.59 Å². The summed E-state index contributed by atoms with van der Waals surface area (Å²) >= 11 is 5.99. The molecule has 3 aromatic rings. The van der Waals surface area contributed by atoms with Gasteiger partial charge in [0, 0.05) is 22.7 Å². The number of H-pyrrole nitrogens is 1. The lowest BCUT2D eigenvalue weighted by atomic mass is 9.82. The Morgan fingerprint density at radius 1 is 1.24 bits per heavy atom. The highest BCUT2D eigenvalue weighted by Crippen LogP contribution is 2.28. The Bertz CT molecular complexity index is 1170. The summed E-state index contributed by atoms with van der Waals surface area (Å²) in [5, 5.41) is 28.9. The number of halogens is 2. The van der Waals surface area contributed by atoms with Crippen LogP contribution in [0.4, 0.5) is 4.39 Å². The standard InChI is InChI=1S/C24H25ClFN3O5/c1-24(13-30,23(32)33)12-17(27-22(31)20-11-21(34-2)29-28-20)9-14-3-5-15(6-4-14)18-10-16(25)7-8-19(18)26/h3-8,10-11,17,30H,9,12-13H2,1-2H3,(H,27,31)(H,28,29)(H,32,33)/t17-,24?/m1/s1. The molecule has 8 nitrogen and oxygen atoms in total. The number of carbonyl (C=O) groups is 2. The molecule has 0 saturated heterocycles. The molecule has 0 saturated carbocycles. The second-order valence-electron chi connectivity index (χ2n) is 8.25. The van der Waals surface area contributed by atoms with Gasteiger partial charge in [0.1, 0.15) is 5.82 Å². The molecule has 1 amide bonds. The first-order valence-electron chi connectivity index (χ1n) is 10.4. The smallest absolute Gasteiger partial charge is 0.311 e. The summed E-state index contributed by atoms with van der Waals surface area (Å²) in [6.07, 6.45) is 0.241. The lowest BCUT2D eigenvalue weighted by molar-refractivity contribution is -0.151. The summed E-state index contributed by atoms with van der Waals surface area (Å²) in [5.74, 6) is -1.80. The van der Waals surface area contributed by atoms with E-state index in [9.17, 15) is 24.2 Å². The van der Waals surface area contributed by atoms with Crippen LogP contribution < -0.4 is 10.1 Å². The van der Waals surface area contributed by atoms with Gasteiger partial charge in [0.2, 0.25) is 5.88 Å². The second kappa shape index (κ2) is 10.7. The number of amides is 1. The molecular weight excluding hydrogens is 465 g/mol. The monoisotopic (exact) mass is 489 g/mol. The maximum absolute atomic E-state index is 14.2. The first-order valence-corrected chi connectivity index (χ1v) is 10.8. The normalized spacial score (nSPS) is 13.7. The third-order valence-corrected chi connectivity index (χ3v) is 5.81. The number of carbonyl (C=O) groups excluding carboxylic acids is 1. The van der Waals surface area contributed by atoms with E-state index < -0.39 is 35.8 Å². The van der Waals surface area contributed by atoms with E-state index in [2.05, 4.69) is 15.5 Å². The molecule has 10 heteroatoms. The first kappa shape index (κ1) is 25.2. The minimum Gasteiger partial charge on any atom is -0.481 e. The molecule has 4 N–H and O–H groups in total. The van der Waals surface area contributed by atoms with Crippen LogP contribution in [0.25, 0.3) is 11.1 Å². The largest absolute Gasteiger partial charge is 0.481 e. The third-order valence-electron chi connectivity index (χ3n) is 5.58. The molecule has 3 rings (SSSR count). The average molecular weight is 490 g/mol. The van der Waals surface area contributed by atoms with Crippen LogP contribution in [0.3, 0.4) is 0 Å². The number of benzene rings is 2. The van der Waals surface area contributed by atoms with Crippen LogP contribution in [-0.4, -0.2) is 52.0 Å². The van der Waals surface area contributed by atoms with E-state index >= 15 is 0 Å². The number of nitrogens with one attached hydrogen (secondary N) is 2. The van der Waals surface area contributed by atoms with Gasteiger partial charge in [0.25, 0.3) is 5.91 Å². The molecule has 2 aromatic carbocycles. The lowest BCUT2D eigenvalue weighted by Gasteiger charge is -2.28. The van der Waals surface area contributed by atoms with Gasteiger partial charge >= 0.3 is 5.97 Å². The zero-order chi connectivity index (χ0) is 24.9. The number of hydrogen-bond donors (Lipinski definition) is 4. The molecular formula is C24H25ClFN3O5. The quantitative estimate of drug-likeness (QED) is 0.344. The predicted octanol–water partition coefficient (Wildman–Crippen LogP) is 3.69. The molecule has 180 valence electrons. The molecule has 0 aliphatic heterocycles. The highest BCUT2D eigenvalue weighted by atomic mass is 35.5. The number of aliphatic hydroxyl groups is 1. The Balaban J connectivity index is 1.83. The van der Waals surface area contributed by atoms with Gasteiger partial charge in [-0.25, -0.2) is 9.49 Å². The number of aliphatic hydroxyl groups excluding tert-OH is 1. The van der Waals surface area contributed by atoms with Crippen molar-refractivity contribution in [3.63, 3.8) is 0 Å². The Kier molecular flexibility index (Phi) is 7.90. The van der Waals surface area contributed by atoms with Crippen LogP contribution in [0.1, 0.15) is 29.4 Å². The lowest BCUT2D eigenvalue weighted by Crippen LogP contribution is -2.44. The molecule has 34 heavy (non-hydrogen) atoms. The SMILES string of the molecule is COc1cc(C(=O)N[C@H](Cc2ccc(-c3cc(Cl)ccc3F)cc2)CC(C)(CO)C(=O)O)n[nH]1. The van der Waals surface area contributed by atoms with E-state index in [4.69, 9.17) is 16.3 Å². The van der Waals surface area contributed by atoms with Gasteiger partial charge < -0.3 is 20.3 Å². The van der Waals surface area contributed by atoms with Crippen molar-refractivity contribution in [1.29, 1.82) is 0 Å². The van der Waals surface area contributed by atoms with Gasteiger partial charge in [-0.15, -0.1) is 0 Å². The molecule has 0 fully saturated rings. The van der Waals surface area contributed by atoms with Crippen molar-refractivity contribution in [2.75, 3.05) is 13.7 Å². The number of methoxy groups -OCH3 is 1. The Labute approximate surface area is 200 Å². The molecule has 1 heterocycles. The van der Waals surface area contributed by atoms with Crippen LogP contribution in [-0.2, 0) is 11.2 Å². The zero-order valence-corrected chi connectivity index (χ0v) is 19.4. The van der Waals surface area contributed by atoms with Crippen molar-refractivity contribution in [1.82, 2.24) is 15.5 Å². The molecule has 0 aliphatic carbocycles. The van der Waals surface area contributed by atoms with Crippen LogP contribution in [0.2, 0.25) is 5.02 Å². The van der Waals surface area contributed by atoms with Gasteiger partial charge in [-0.2, -0.15) is 5.10 Å². The number of nitrogens with zero attached hydrogens (tertiary/aromatic N) is 1. The fraction of sp³-hybridized carbons (Fsp3) is 0.292. The first-order chi connectivity index (χ1) is 16.1. The van der Waals surface area contributed by atoms with Crippen molar-refractivity contribution in [2.45, 2.75) is 25.8 Å². The summed E-state index contributed by atoms with van der Waals surface area (Å²) in [5.41, 5.74) is 0.371. The maximum Gasteiger partial charge on any atom is 0.311 e. The van der Waals surface area contributed by atoms with Crippen molar-refractivity contribution in [3.05, 3.63) is 70.6 Å². The van der Waals surface area contributed by atoms with Crippen LogP contribution in [0.15, 0.2) is 48.5 Å². The van der Waals surface area contributed by atoms with Crippen molar-refractivity contribution in [3.8, 4) is 17.0 Å². The van der Waals surface area contributed by atoms with Gasteiger partial charge in [0.15, 0.2) is 5.69 Å². The van der Waals surface area contributed by atoms with Crippen LogP contribution >= 0.6 is 11.6 Å². The minimum atomic E-state index is -1.47. The second-order valence-corrected chi connectivity index (χ2v) is 8.68. The number of aliphatic carboxylic acids is 1. The van der Waals surface area contributed by atoms with Gasteiger partial charge in [-0.1, -0.05) is 35.9 Å². The Morgan fingerprint density at radius 2 is 1.94 bits per heavy atom. The predicted molar refractivity (Wildman–Crippen MR) is 124 cm³/mol. The number of hydrogen-bond acceptors (Lipinski definition) is 5. The Morgan fingerprint density at radius 3 is 2.53 bits per heavy atom. The van der Waals surface area contributed by atoms with Gasteiger partial charge in [0.05, 0.1) is 19.1 Å². The number of rotatable bonds is 10. The van der Waals surface area contributed by atoms with E-state index in [1.807, 2.05) is 0 Å². The molecule has 2 atom stereocenters. The summed E-state index contributed by atoms with van der Waals surface area (Å²) in [7, 11) is 1.43. The van der Waals surface area contributed by atoms with E-state index in [1.54, 1.807) is 24.3 Å². The van der Waals surface area contributed by atoms with Gasteiger partial charge in [-0.05, 0) is 49.1 Å². The maximum atomic E-state index is 14.2. The number of aromatic nitrogens is 2. The van der Waals surface area contributed by atoms with E-state index in [1.165, 1.54) is 38.3 Å². The van der Waals surface area contributed by atoms with E-state index in [-0.39, 0.29) is 18.5 Å². The number of ether oxygens (including phenoxy) is 1. The highest BCUT2D eigenvalue weighted by Gasteiger charge is 2.36. The molecule has 0 aliphatic rings. The number of carboxylic acid groups (broad SMARTS) is 1. The number of carboxylic acids is 1. The average Bonchev–Trinajstić information content (AvgIpc) is 3.30. The van der Waals surface area contributed by atoms with Crippen LogP contribution in [0.5, 0.6) is 5.88 Å². The summed E-state index contributed by atoms with van der Waals surface area (Å²) in [6.45, 7) is 0.814. The van der Waals surface area contributed by atoms with Crippen molar-refractivity contribution >= 4 is 23.5 Å². The van der Waals surface area contributed by atoms with Crippen molar-refractivity contribution < 1.29 is 28.9 Å². The van der Waals surface area contributed by atoms with E-state index in [0.29, 0.717) is 22.0 Å². The van der Waals surface area contributed by atoms with Crippen molar-refractivity contribution in [2.24, 2.45) is 5.41 Å². The van der Waals surface area contributed by atoms with E-state index in [0.717, 1.165) is 5.56 Å². The topological polar surface area (TPSA) is 125 Å². The summed E-state index contributed by atoms with van der Waals surface area (Å²) in [4.78, 5) is 24.5. The van der Waals surface area contributed by atoms with Crippen LogP contribution in [0, 0.1) is 11.2 Å². The Hall–Kier alpha value is -3.43. The third kappa shape index (κ3) is 5.92. The fourth-order valence-electron chi connectivity index (χ4n) is 3.55.